The average Bonchev–Trinajstić information content (AvgIpc) is 2.52. The Hall–Kier alpha value is -3.08. The molecule has 1 N–H and O–H groups in total. The van der Waals surface area contributed by atoms with Crippen molar-refractivity contribution in [2.24, 2.45) is 0 Å². The van der Waals surface area contributed by atoms with E-state index < -0.39 is 18.2 Å². The molecule has 0 amide bonds. The molecule has 0 aliphatic rings. The number of aryl methyl sites for hydroxylation is 2. The number of carboxylic acid groups (broad SMARTS) is 1. The number of fused-ring (bicyclic) bond motifs is 1. The monoisotopic (exact) mass is 324 g/mol. The Morgan fingerprint density at radius 3 is 2.67 bits per heavy atom. The van der Waals surface area contributed by atoms with Gasteiger partial charge in [0.1, 0.15) is 11.3 Å². The third-order valence-electron chi connectivity index (χ3n) is 3.73. The number of hydrogen-bond donors (Lipinski definition) is 1. The number of benzene rings is 2. The van der Waals surface area contributed by atoms with Gasteiger partial charge in [0.05, 0.1) is 5.56 Å². The number of hydrogen-bond acceptors (Lipinski definition) is 4. The highest BCUT2D eigenvalue weighted by atomic mass is 16.5. The van der Waals surface area contributed by atoms with E-state index in [-0.39, 0.29) is 0 Å². The molecule has 0 saturated carbocycles. The smallest absolute Gasteiger partial charge is 0.344 e. The highest BCUT2D eigenvalue weighted by Crippen LogP contribution is 2.28. The molecule has 24 heavy (non-hydrogen) atoms. The van der Waals surface area contributed by atoms with Gasteiger partial charge in [-0.05, 0) is 37.1 Å². The Bertz CT molecular complexity index is 985. The second-order valence-corrected chi connectivity index (χ2v) is 5.65. The first-order valence-corrected chi connectivity index (χ1v) is 7.44. The third-order valence-corrected chi connectivity index (χ3v) is 3.73. The van der Waals surface area contributed by atoms with Crippen LogP contribution < -0.4 is 10.4 Å². The van der Waals surface area contributed by atoms with Gasteiger partial charge in [0, 0.05) is 11.5 Å². The minimum atomic E-state index is -1.07. The van der Waals surface area contributed by atoms with Crippen LogP contribution in [0.4, 0.5) is 0 Å². The van der Waals surface area contributed by atoms with Gasteiger partial charge in [-0.25, -0.2) is 9.59 Å². The van der Waals surface area contributed by atoms with Gasteiger partial charge in [-0.15, -0.1) is 0 Å². The van der Waals surface area contributed by atoms with Crippen LogP contribution in [0.5, 0.6) is 5.75 Å². The summed E-state index contributed by atoms with van der Waals surface area (Å²) < 4.78 is 10.6. The maximum atomic E-state index is 12.3. The standard InChI is InChI=1S/C19H16O5/c1-11-4-3-5-13(6-11)16-9-15-12(2)7-14(23-10-18(20)21)8-17(15)24-19(16)22/h3-9H,10H2,1-2H3,(H,20,21). The fourth-order valence-electron chi connectivity index (χ4n) is 2.60. The molecule has 0 saturated heterocycles. The zero-order chi connectivity index (χ0) is 17.3. The van der Waals surface area contributed by atoms with E-state index in [1.165, 1.54) is 6.07 Å². The molecule has 0 unspecified atom stereocenters. The lowest BCUT2D eigenvalue weighted by Crippen LogP contribution is -2.09. The van der Waals surface area contributed by atoms with Gasteiger partial charge in [-0.2, -0.15) is 0 Å². The van der Waals surface area contributed by atoms with Crippen LogP contribution in [0.25, 0.3) is 22.1 Å². The van der Waals surface area contributed by atoms with Gasteiger partial charge in [0.15, 0.2) is 6.61 Å². The molecule has 0 aliphatic carbocycles. The second kappa shape index (κ2) is 6.20. The lowest BCUT2D eigenvalue weighted by atomic mass is 10.0. The number of rotatable bonds is 4. The van der Waals surface area contributed by atoms with E-state index in [9.17, 15) is 9.59 Å². The largest absolute Gasteiger partial charge is 0.482 e. The van der Waals surface area contributed by atoms with Crippen LogP contribution in [0.2, 0.25) is 0 Å². The van der Waals surface area contributed by atoms with E-state index in [2.05, 4.69) is 0 Å². The minimum Gasteiger partial charge on any atom is -0.482 e. The van der Waals surface area contributed by atoms with E-state index in [0.717, 1.165) is 22.1 Å². The highest BCUT2D eigenvalue weighted by molar-refractivity contribution is 5.86. The van der Waals surface area contributed by atoms with Crippen molar-refractivity contribution in [2.75, 3.05) is 6.61 Å². The van der Waals surface area contributed by atoms with Crippen molar-refractivity contribution in [2.45, 2.75) is 13.8 Å². The lowest BCUT2D eigenvalue weighted by Gasteiger charge is -2.09. The molecule has 0 bridgehead atoms. The first kappa shape index (κ1) is 15.8. The first-order chi connectivity index (χ1) is 11.4. The van der Waals surface area contributed by atoms with E-state index in [1.54, 1.807) is 12.1 Å². The molecule has 3 aromatic rings. The number of aliphatic carboxylic acids is 1. The summed E-state index contributed by atoms with van der Waals surface area (Å²) in [4.78, 5) is 22.9. The molecular formula is C19H16O5. The molecule has 0 spiro atoms. The van der Waals surface area contributed by atoms with E-state index in [1.807, 2.05) is 38.1 Å². The summed E-state index contributed by atoms with van der Waals surface area (Å²) in [6.45, 7) is 3.37. The molecule has 122 valence electrons. The molecule has 1 heterocycles. The Kier molecular flexibility index (Phi) is 4.08. The Balaban J connectivity index is 2.11. The number of carbonyl (C=O) groups is 1. The summed E-state index contributed by atoms with van der Waals surface area (Å²) in [5.74, 6) is -0.710. The predicted molar refractivity (Wildman–Crippen MR) is 90.5 cm³/mol. The summed E-state index contributed by atoms with van der Waals surface area (Å²) in [5.41, 5.74) is 3.12. The van der Waals surface area contributed by atoms with Crippen LogP contribution in [0.1, 0.15) is 11.1 Å². The zero-order valence-electron chi connectivity index (χ0n) is 13.3. The quantitative estimate of drug-likeness (QED) is 0.743. The predicted octanol–water partition coefficient (Wildman–Crippen LogP) is 3.54. The zero-order valence-corrected chi connectivity index (χ0v) is 13.3. The number of carboxylic acids is 1. The highest BCUT2D eigenvalue weighted by Gasteiger charge is 2.11. The van der Waals surface area contributed by atoms with Crippen molar-refractivity contribution < 1.29 is 19.1 Å². The fourth-order valence-corrected chi connectivity index (χ4v) is 2.60. The van der Waals surface area contributed by atoms with Crippen LogP contribution in [0.3, 0.4) is 0 Å². The normalized spacial score (nSPS) is 10.8. The number of ether oxygens (including phenoxy) is 1. The van der Waals surface area contributed by atoms with E-state index in [4.69, 9.17) is 14.3 Å². The summed E-state index contributed by atoms with van der Waals surface area (Å²) >= 11 is 0. The average molecular weight is 324 g/mol. The minimum absolute atomic E-state index is 0.355. The second-order valence-electron chi connectivity index (χ2n) is 5.65. The van der Waals surface area contributed by atoms with E-state index in [0.29, 0.717) is 16.9 Å². The van der Waals surface area contributed by atoms with Crippen molar-refractivity contribution in [3.63, 3.8) is 0 Å². The molecule has 1 aromatic heterocycles. The van der Waals surface area contributed by atoms with Crippen molar-refractivity contribution in [3.8, 4) is 16.9 Å². The van der Waals surface area contributed by atoms with Crippen molar-refractivity contribution in [1.29, 1.82) is 0 Å². The van der Waals surface area contributed by atoms with Gasteiger partial charge in [-0.1, -0.05) is 29.8 Å². The SMILES string of the molecule is Cc1cccc(-c2cc3c(C)cc(OCC(=O)O)cc3oc2=O)c1. The molecule has 2 aromatic carbocycles. The van der Waals surface area contributed by atoms with Crippen molar-refractivity contribution in [1.82, 2.24) is 0 Å². The Labute approximate surface area is 138 Å². The van der Waals surface area contributed by atoms with Gasteiger partial charge in [0.2, 0.25) is 0 Å². The molecule has 0 atom stereocenters. The maximum absolute atomic E-state index is 12.3. The first-order valence-electron chi connectivity index (χ1n) is 7.44. The molecule has 5 nitrogen and oxygen atoms in total. The molecule has 3 rings (SSSR count). The van der Waals surface area contributed by atoms with Crippen LogP contribution in [-0.2, 0) is 4.79 Å². The van der Waals surface area contributed by atoms with Gasteiger partial charge >= 0.3 is 11.6 Å². The maximum Gasteiger partial charge on any atom is 0.344 e. The van der Waals surface area contributed by atoms with Gasteiger partial charge in [-0.3, -0.25) is 0 Å². The summed E-state index contributed by atoms with van der Waals surface area (Å²) in [7, 11) is 0. The molecule has 0 radical (unpaired) electrons. The molecule has 5 heteroatoms. The fraction of sp³-hybridized carbons (Fsp3) is 0.158. The van der Waals surface area contributed by atoms with Crippen LogP contribution in [0, 0.1) is 13.8 Å². The summed E-state index contributed by atoms with van der Waals surface area (Å²) in [6.07, 6.45) is 0. The Morgan fingerprint density at radius 1 is 1.17 bits per heavy atom. The summed E-state index contributed by atoms with van der Waals surface area (Å²) in [6, 6.07) is 12.7. The topological polar surface area (TPSA) is 76.7 Å². The van der Waals surface area contributed by atoms with Gasteiger partial charge < -0.3 is 14.3 Å². The molecule has 0 fully saturated rings. The Morgan fingerprint density at radius 2 is 1.96 bits per heavy atom. The van der Waals surface area contributed by atoms with Crippen molar-refractivity contribution in [3.05, 3.63) is 64.0 Å². The molecule has 0 aliphatic heterocycles. The lowest BCUT2D eigenvalue weighted by molar-refractivity contribution is -0.139. The van der Waals surface area contributed by atoms with Crippen LogP contribution in [-0.4, -0.2) is 17.7 Å². The third kappa shape index (κ3) is 3.15. The van der Waals surface area contributed by atoms with E-state index >= 15 is 0 Å². The molecular weight excluding hydrogens is 308 g/mol. The van der Waals surface area contributed by atoms with Gasteiger partial charge in [0.25, 0.3) is 0 Å². The van der Waals surface area contributed by atoms with Crippen LogP contribution in [0.15, 0.2) is 51.7 Å². The van der Waals surface area contributed by atoms with Crippen LogP contribution >= 0.6 is 0 Å². The van der Waals surface area contributed by atoms with Crippen molar-refractivity contribution >= 4 is 16.9 Å². The summed E-state index contributed by atoms with van der Waals surface area (Å²) in [5, 5.41) is 9.47.